The van der Waals surface area contributed by atoms with Crippen molar-refractivity contribution in [3.8, 4) is 0 Å². The Kier molecular flexibility index (Phi) is 9.50. The van der Waals surface area contributed by atoms with E-state index in [1.54, 1.807) is 35.2 Å². The van der Waals surface area contributed by atoms with Gasteiger partial charge in [-0.05, 0) is 37.1 Å². The van der Waals surface area contributed by atoms with E-state index in [2.05, 4.69) is 22.4 Å². The van der Waals surface area contributed by atoms with E-state index in [9.17, 15) is 14.7 Å². The van der Waals surface area contributed by atoms with Crippen molar-refractivity contribution in [2.24, 2.45) is 5.92 Å². The molecule has 1 amide bonds. The number of anilines is 1. The third-order valence-corrected chi connectivity index (χ3v) is 8.23. The predicted octanol–water partition coefficient (Wildman–Crippen LogP) is 4.81. The number of carbonyl (C=O) groups is 2. The van der Waals surface area contributed by atoms with Crippen LogP contribution in [0.15, 0.2) is 52.9 Å². The number of carbonyl (C=O) groups excluding carboxylic acids is 2. The summed E-state index contributed by atoms with van der Waals surface area (Å²) in [6.45, 7) is 6.81. The molecule has 0 unspecified atom stereocenters. The van der Waals surface area contributed by atoms with E-state index in [0.29, 0.717) is 11.4 Å². The first-order valence-electron chi connectivity index (χ1n) is 12.2. The summed E-state index contributed by atoms with van der Waals surface area (Å²) in [6, 6.07) is 15.0. The van der Waals surface area contributed by atoms with E-state index >= 15 is 0 Å². The number of rotatable bonds is 9. The highest BCUT2D eigenvalue weighted by atomic mass is 32.2. The van der Waals surface area contributed by atoms with Gasteiger partial charge in [-0.25, -0.2) is 0 Å². The molecule has 0 bridgehead atoms. The van der Waals surface area contributed by atoms with Gasteiger partial charge in [0.1, 0.15) is 5.01 Å². The smallest absolute Gasteiger partial charge is 0.303 e. The second-order valence-electron chi connectivity index (χ2n) is 9.08. The molecule has 0 spiro atoms. The summed E-state index contributed by atoms with van der Waals surface area (Å²) in [4.78, 5) is 23.4. The summed E-state index contributed by atoms with van der Waals surface area (Å²) < 4.78 is 18.7. The number of nitrogens with one attached hydrogen (secondary N) is 1. The molecule has 2 heterocycles. The number of aromatic nitrogens is 2. The number of benzene rings is 2. The zero-order valence-corrected chi connectivity index (χ0v) is 23.3. The molecule has 0 saturated carbocycles. The maximum Gasteiger partial charge on any atom is 0.303 e. The van der Waals surface area contributed by atoms with Crippen molar-refractivity contribution in [2.45, 2.75) is 63.2 Å². The number of ether oxygens (including phenoxy) is 3. The number of aliphatic hydroxyl groups is 1. The number of aliphatic hydroxyl groups excluding tert-OH is 1. The fraction of sp³-hybridized carbons (Fsp3) is 0.407. The zero-order valence-electron chi connectivity index (χ0n) is 21.6. The van der Waals surface area contributed by atoms with Gasteiger partial charge < -0.3 is 24.6 Å². The lowest BCUT2D eigenvalue weighted by atomic mass is 9.91. The fourth-order valence-electron chi connectivity index (χ4n) is 4.07. The average Bonchev–Trinajstić information content (AvgIpc) is 3.33. The minimum Gasteiger partial charge on any atom is -0.453 e. The first kappa shape index (κ1) is 28.2. The molecule has 1 aliphatic heterocycles. The minimum atomic E-state index is -0.897. The van der Waals surface area contributed by atoms with Gasteiger partial charge in [-0.2, -0.15) is 0 Å². The number of esters is 1. The molecular weight excluding hydrogens is 526 g/mol. The molecule has 9 nitrogen and oxygen atoms in total. The van der Waals surface area contributed by atoms with E-state index in [-0.39, 0.29) is 24.7 Å². The molecule has 1 saturated heterocycles. The number of thioether (sulfide) groups is 1. The molecule has 0 aliphatic carbocycles. The normalized spacial score (nSPS) is 22.0. The van der Waals surface area contributed by atoms with Crippen molar-refractivity contribution in [1.29, 1.82) is 0 Å². The maximum absolute atomic E-state index is 12.3. The highest BCUT2D eigenvalue weighted by Crippen LogP contribution is 2.43. The Bertz CT molecular complexity index is 1230. The number of hydrogen-bond acceptors (Lipinski definition) is 10. The zero-order chi connectivity index (χ0) is 27.2. The molecule has 3 aromatic rings. The molecule has 1 aromatic heterocycles. The summed E-state index contributed by atoms with van der Waals surface area (Å²) in [5.41, 5.74) is 3.22. The summed E-state index contributed by atoms with van der Waals surface area (Å²) in [7, 11) is 0. The quantitative estimate of drug-likeness (QED) is 0.282. The van der Waals surface area contributed by atoms with Crippen molar-refractivity contribution >= 4 is 40.7 Å². The lowest BCUT2D eigenvalue weighted by Crippen LogP contribution is -2.38. The van der Waals surface area contributed by atoms with E-state index in [0.717, 1.165) is 26.0 Å². The van der Waals surface area contributed by atoms with Gasteiger partial charge in [0.05, 0.1) is 18.8 Å². The SMILES string of the molecule is CC(=O)O[C@@H](C)C(=O)Nc1ccc([C@H]2O[C@@H](CSc3nnc(C)s3)[C@@H](C)[C@@H](c3ccc(CO)cc3)O2)cc1. The van der Waals surface area contributed by atoms with Crippen molar-refractivity contribution < 1.29 is 28.9 Å². The molecular formula is C27H31N3O6S2. The van der Waals surface area contributed by atoms with E-state index in [1.807, 2.05) is 43.3 Å². The van der Waals surface area contributed by atoms with Crippen LogP contribution in [0.3, 0.4) is 0 Å². The average molecular weight is 558 g/mol. The first-order chi connectivity index (χ1) is 18.2. The van der Waals surface area contributed by atoms with E-state index in [4.69, 9.17) is 14.2 Å². The van der Waals surface area contributed by atoms with Crippen molar-refractivity contribution in [2.75, 3.05) is 11.1 Å². The lowest BCUT2D eigenvalue weighted by molar-refractivity contribution is -0.268. The lowest BCUT2D eigenvalue weighted by Gasteiger charge is -2.41. The maximum atomic E-state index is 12.3. The highest BCUT2D eigenvalue weighted by Gasteiger charge is 2.38. The molecule has 2 aromatic carbocycles. The topological polar surface area (TPSA) is 120 Å². The summed E-state index contributed by atoms with van der Waals surface area (Å²) in [5.74, 6) is -0.196. The van der Waals surface area contributed by atoms with Gasteiger partial charge in [-0.15, -0.1) is 10.2 Å². The molecule has 4 rings (SSSR count). The molecule has 11 heteroatoms. The predicted molar refractivity (Wildman–Crippen MR) is 145 cm³/mol. The second kappa shape index (κ2) is 12.8. The Morgan fingerprint density at radius 2 is 1.79 bits per heavy atom. The third-order valence-electron chi connectivity index (χ3n) is 6.16. The van der Waals surface area contributed by atoms with Crippen LogP contribution in [0.4, 0.5) is 5.69 Å². The van der Waals surface area contributed by atoms with Crippen LogP contribution in [-0.4, -0.2) is 45.1 Å². The summed E-state index contributed by atoms with van der Waals surface area (Å²) >= 11 is 3.17. The Hall–Kier alpha value is -2.83. The molecule has 1 fully saturated rings. The van der Waals surface area contributed by atoms with Gasteiger partial charge in [0, 0.05) is 29.8 Å². The first-order valence-corrected chi connectivity index (χ1v) is 14.0. The molecule has 5 atom stereocenters. The Balaban J connectivity index is 1.51. The second-order valence-corrected chi connectivity index (χ2v) is 11.5. The van der Waals surface area contributed by atoms with Crippen LogP contribution in [0.1, 0.15) is 54.9 Å². The van der Waals surface area contributed by atoms with Gasteiger partial charge in [-0.3, -0.25) is 9.59 Å². The standard InChI is InChI=1S/C27H31N3O6S2/c1-15-23(14-37-27-30-29-17(3)38-27)35-26(36-24(15)20-7-5-19(13-31)6-8-20)21-9-11-22(12-10-21)28-25(33)16(2)34-18(4)32/h5-12,15-16,23-24,26,31H,13-14H2,1-4H3,(H,28,33)/t15-,16+,23+,24+,26+/m1/s1. The molecule has 1 aliphatic rings. The van der Waals surface area contributed by atoms with Crippen LogP contribution >= 0.6 is 23.1 Å². The number of aryl methyl sites for hydroxylation is 1. The van der Waals surface area contributed by atoms with E-state index in [1.165, 1.54) is 13.8 Å². The van der Waals surface area contributed by atoms with Crippen molar-refractivity contribution in [3.63, 3.8) is 0 Å². The van der Waals surface area contributed by atoms with Crippen LogP contribution in [-0.2, 0) is 30.4 Å². The van der Waals surface area contributed by atoms with Gasteiger partial charge in [0.25, 0.3) is 5.91 Å². The molecule has 0 radical (unpaired) electrons. The van der Waals surface area contributed by atoms with Crippen LogP contribution < -0.4 is 5.32 Å². The van der Waals surface area contributed by atoms with Gasteiger partial charge in [0.2, 0.25) is 0 Å². The van der Waals surface area contributed by atoms with E-state index < -0.39 is 24.3 Å². The Morgan fingerprint density at radius 1 is 1.11 bits per heavy atom. The summed E-state index contributed by atoms with van der Waals surface area (Å²) in [6.07, 6.45) is -1.88. The number of hydrogen-bond donors (Lipinski definition) is 2. The molecule has 202 valence electrons. The van der Waals surface area contributed by atoms with Crippen LogP contribution in [0, 0.1) is 12.8 Å². The van der Waals surface area contributed by atoms with Crippen LogP contribution in [0.5, 0.6) is 0 Å². The van der Waals surface area contributed by atoms with Crippen LogP contribution in [0.2, 0.25) is 0 Å². The van der Waals surface area contributed by atoms with Crippen molar-refractivity contribution in [1.82, 2.24) is 10.2 Å². The fourth-order valence-corrected chi connectivity index (χ4v) is 6.08. The monoisotopic (exact) mass is 557 g/mol. The molecule has 2 N–H and O–H groups in total. The van der Waals surface area contributed by atoms with Crippen molar-refractivity contribution in [3.05, 3.63) is 70.2 Å². The largest absolute Gasteiger partial charge is 0.453 e. The Morgan fingerprint density at radius 3 is 2.39 bits per heavy atom. The molecule has 38 heavy (non-hydrogen) atoms. The number of nitrogens with zero attached hydrogens (tertiary/aromatic N) is 2. The van der Waals surface area contributed by atoms with Crippen LogP contribution in [0.25, 0.3) is 0 Å². The number of amides is 1. The van der Waals surface area contributed by atoms with Gasteiger partial charge in [0.15, 0.2) is 16.7 Å². The summed E-state index contributed by atoms with van der Waals surface area (Å²) in [5, 5.41) is 21.4. The van der Waals surface area contributed by atoms with Gasteiger partial charge in [-0.1, -0.05) is 66.4 Å². The minimum absolute atomic E-state index is 0.0177. The van der Waals surface area contributed by atoms with Gasteiger partial charge >= 0.3 is 5.97 Å². The third kappa shape index (κ3) is 7.17. The highest BCUT2D eigenvalue weighted by molar-refractivity contribution is 8.01. The Labute approximate surface area is 229 Å².